The summed E-state index contributed by atoms with van der Waals surface area (Å²) < 4.78 is 0. The summed E-state index contributed by atoms with van der Waals surface area (Å²) in [5.74, 6) is 1.67. The SMILES string of the molecule is CC[C@H](C)[C@H]1N=C2c3ccccc3N=C(SCc3ccc(Cl)cc3)N2C1=O. The van der Waals surface area contributed by atoms with Crippen molar-refractivity contribution >= 4 is 46.0 Å². The van der Waals surface area contributed by atoms with Gasteiger partial charge in [-0.15, -0.1) is 0 Å². The van der Waals surface area contributed by atoms with E-state index < -0.39 is 0 Å². The second kappa shape index (κ2) is 7.49. The number of aliphatic imine (C=N–C) groups is 2. The van der Waals surface area contributed by atoms with Crippen LogP contribution in [0, 0.1) is 5.92 Å². The lowest BCUT2D eigenvalue weighted by molar-refractivity contribution is -0.125. The molecule has 2 aliphatic heterocycles. The molecule has 0 spiro atoms. The Morgan fingerprint density at radius 2 is 1.93 bits per heavy atom. The highest BCUT2D eigenvalue weighted by molar-refractivity contribution is 8.13. The number of thioether (sulfide) groups is 1. The minimum Gasteiger partial charge on any atom is -0.271 e. The van der Waals surface area contributed by atoms with Crippen LogP contribution in [0.15, 0.2) is 58.5 Å². The summed E-state index contributed by atoms with van der Waals surface area (Å²) in [4.78, 5) is 24.4. The monoisotopic (exact) mass is 397 g/mol. The van der Waals surface area contributed by atoms with E-state index in [1.165, 1.54) is 0 Å². The van der Waals surface area contributed by atoms with Crippen molar-refractivity contribution in [2.45, 2.75) is 32.1 Å². The molecule has 0 aromatic heterocycles. The lowest BCUT2D eigenvalue weighted by Gasteiger charge is -2.26. The maximum atomic E-state index is 13.1. The number of halogens is 1. The van der Waals surface area contributed by atoms with Gasteiger partial charge in [0.2, 0.25) is 0 Å². The van der Waals surface area contributed by atoms with Crippen LogP contribution in [-0.4, -0.2) is 27.9 Å². The Morgan fingerprint density at radius 1 is 1.19 bits per heavy atom. The van der Waals surface area contributed by atoms with Crippen LogP contribution < -0.4 is 0 Å². The lowest BCUT2D eigenvalue weighted by atomic mass is 10.00. The number of amides is 1. The maximum absolute atomic E-state index is 13.1. The number of hydrogen-bond donors (Lipinski definition) is 0. The fourth-order valence-corrected chi connectivity index (χ4v) is 4.27. The van der Waals surface area contributed by atoms with Crippen molar-refractivity contribution in [2.24, 2.45) is 15.9 Å². The van der Waals surface area contributed by atoms with Gasteiger partial charge in [-0.25, -0.2) is 9.89 Å². The quantitative estimate of drug-likeness (QED) is 0.704. The van der Waals surface area contributed by atoms with Gasteiger partial charge in [0.05, 0.1) is 5.69 Å². The molecule has 2 aliphatic rings. The molecule has 27 heavy (non-hydrogen) atoms. The van der Waals surface area contributed by atoms with Crippen LogP contribution in [0.2, 0.25) is 5.02 Å². The molecule has 2 heterocycles. The van der Waals surface area contributed by atoms with Gasteiger partial charge in [-0.3, -0.25) is 9.79 Å². The number of fused-ring (bicyclic) bond motifs is 3. The first-order chi connectivity index (χ1) is 13.1. The van der Waals surface area contributed by atoms with Gasteiger partial charge in [0.15, 0.2) is 5.17 Å². The van der Waals surface area contributed by atoms with Crippen molar-refractivity contribution < 1.29 is 4.79 Å². The summed E-state index contributed by atoms with van der Waals surface area (Å²) in [7, 11) is 0. The van der Waals surface area contributed by atoms with E-state index in [9.17, 15) is 4.79 Å². The van der Waals surface area contributed by atoms with Gasteiger partial charge in [0.25, 0.3) is 5.91 Å². The minimum absolute atomic E-state index is 0.0243. The van der Waals surface area contributed by atoms with Gasteiger partial charge in [0, 0.05) is 16.3 Å². The van der Waals surface area contributed by atoms with E-state index in [1.54, 1.807) is 16.7 Å². The van der Waals surface area contributed by atoms with Crippen LogP contribution in [0.1, 0.15) is 31.4 Å². The molecule has 2 aromatic carbocycles. The zero-order valence-corrected chi connectivity index (χ0v) is 16.8. The Balaban J connectivity index is 1.67. The van der Waals surface area contributed by atoms with Gasteiger partial charge >= 0.3 is 0 Å². The fraction of sp³-hybridized carbons (Fsp3) is 0.286. The molecule has 2 atom stereocenters. The summed E-state index contributed by atoms with van der Waals surface area (Å²) in [6.45, 7) is 4.17. The minimum atomic E-state index is -0.336. The van der Waals surface area contributed by atoms with Crippen molar-refractivity contribution in [2.75, 3.05) is 0 Å². The number of amidine groups is 2. The average molecular weight is 398 g/mol. The standard InChI is InChI=1S/C21H20ClN3OS/c1-3-13(2)18-20(26)25-19(24-18)16-6-4-5-7-17(16)23-21(25)27-12-14-8-10-15(22)11-9-14/h4-11,13,18H,3,12H2,1-2H3/t13-,18+/m0/s1. The van der Waals surface area contributed by atoms with E-state index >= 15 is 0 Å². The molecular weight excluding hydrogens is 378 g/mol. The first-order valence-electron chi connectivity index (χ1n) is 9.05. The number of nitrogens with zero attached hydrogens (tertiary/aromatic N) is 3. The third-order valence-corrected chi connectivity index (χ3v) is 6.22. The molecule has 4 nitrogen and oxygen atoms in total. The summed E-state index contributed by atoms with van der Waals surface area (Å²) >= 11 is 7.52. The number of benzene rings is 2. The molecule has 0 unspecified atom stereocenters. The first kappa shape index (κ1) is 18.3. The molecule has 0 saturated heterocycles. The number of para-hydroxylation sites is 1. The number of hydrogen-bond acceptors (Lipinski definition) is 4. The Bertz CT molecular complexity index is 939. The van der Waals surface area contributed by atoms with E-state index in [4.69, 9.17) is 21.6 Å². The highest BCUT2D eigenvalue weighted by Crippen LogP contribution is 2.36. The number of carbonyl (C=O) groups excluding carboxylic acids is 1. The zero-order valence-electron chi connectivity index (χ0n) is 15.2. The number of rotatable bonds is 4. The van der Waals surface area contributed by atoms with Crippen LogP contribution >= 0.6 is 23.4 Å². The summed E-state index contributed by atoms with van der Waals surface area (Å²) in [6.07, 6.45) is 0.910. The van der Waals surface area contributed by atoms with E-state index in [1.807, 2.05) is 48.5 Å². The van der Waals surface area contributed by atoms with Gasteiger partial charge in [0.1, 0.15) is 11.9 Å². The predicted molar refractivity (Wildman–Crippen MR) is 113 cm³/mol. The summed E-state index contributed by atoms with van der Waals surface area (Å²) in [5.41, 5.74) is 2.92. The average Bonchev–Trinajstić information content (AvgIpc) is 3.04. The third kappa shape index (κ3) is 3.42. The largest absolute Gasteiger partial charge is 0.271 e. The summed E-state index contributed by atoms with van der Waals surface area (Å²) in [5, 5.41) is 1.41. The van der Waals surface area contributed by atoms with Gasteiger partial charge < -0.3 is 0 Å². The van der Waals surface area contributed by atoms with Crippen LogP contribution in [0.4, 0.5) is 5.69 Å². The lowest BCUT2D eigenvalue weighted by Crippen LogP contribution is -2.42. The highest BCUT2D eigenvalue weighted by Gasteiger charge is 2.42. The second-order valence-electron chi connectivity index (χ2n) is 6.78. The maximum Gasteiger partial charge on any atom is 0.259 e. The third-order valence-electron chi connectivity index (χ3n) is 4.96. The number of carbonyl (C=O) groups is 1. The van der Waals surface area contributed by atoms with Crippen molar-refractivity contribution in [3.8, 4) is 0 Å². The Hall–Kier alpha value is -2.11. The molecule has 0 fully saturated rings. The molecule has 138 valence electrons. The first-order valence-corrected chi connectivity index (χ1v) is 10.4. The molecule has 0 aliphatic carbocycles. The Kier molecular flexibility index (Phi) is 5.06. The van der Waals surface area contributed by atoms with Crippen LogP contribution in [0.3, 0.4) is 0 Å². The predicted octanol–water partition coefficient (Wildman–Crippen LogP) is 5.28. The Morgan fingerprint density at radius 3 is 2.67 bits per heavy atom. The van der Waals surface area contributed by atoms with Gasteiger partial charge in [-0.05, 0) is 35.7 Å². The Labute approximate surface area is 168 Å². The zero-order chi connectivity index (χ0) is 19.0. The molecule has 4 rings (SSSR count). The smallest absolute Gasteiger partial charge is 0.259 e. The molecule has 0 radical (unpaired) electrons. The molecule has 0 bridgehead atoms. The molecule has 0 saturated carbocycles. The molecule has 1 amide bonds. The molecular formula is C21H20ClN3OS. The highest BCUT2D eigenvalue weighted by atomic mass is 35.5. The van der Waals surface area contributed by atoms with E-state index in [-0.39, 0.29) is 17.9 Å². The van der Waals surface area contributed by atoms with E-state index in [0.717, 1.165) is 29.1 Å². The summed E-state index contributed by atoms with van der Waals surface area (Å²) in [6, 6.07) is 15.3. The molecule has 6 heteroatoms. The van der Waals surface area contributed by atoms with Gasteiger partial charge in [-0.2, -0.15) is 0 Å². The van der Waals surface area contributed by atoms with Crippen LogP contribution in [-0.2, 0) is 10.5 Å². The molecule has 2 aromatic rings. The van der Waals surface area contributed by atoms with Crippen molar-refractivity contribution in [1.29, 1.82) is 0 Å². The van der Waals surface area contributed by atoms with Crippen LogP contribution in [0.25, 0.3) is 0 Å². The fourth-order valence-electron chi connectivity index (χ4n) is 3.19. The second-order valence-corrected chi connectivity index (χ2v) is 8.16. The van der Waals surface area contributed by atoms with Crippen LogP contribution in [0.5, 0.6) is 0 Å². The van der Waals surface area contributed by atoms with Crippen molar-refractivity contribution in [3.05, 3.63) is 64.7 Å². The van der Waals surface area contributed by atoms with Crippen molar-refractivity contribution in [1.82, 2.24) is 4.90 Å². The molecule has 0 N–H and O–H groups in total. The van der Waals surface area contributed by atoms with E-state index in [2.05, 4.69) is 13.8 Å². The van der Waals surface area contributed by atoms with E-state index in [0.29, 0.717) is 15.9 Å². The normalized spacial score (nSPS) is 19.3. The topological polar surface area (TPSA) is 45.0 Å². The van der Waals surface area contributed by atoms with Crippen molar-refractivity contribution in [3.63, 3.8) is 0 Å². The van der Waals surface area contributed by atoms with Gasteiger partial charge in [-0.1, -0.05) is 67.9 Å².